The lowest BCUT2D eigenvalue weighted by molar-refractivity contribution is -0.119. The zero-order valence-corrected chi connectivity index (χ0v) is 14.0. The first-order valence-electron chi connectivity index (χ1n) is 8.71. The molecule has 0 aromatic heterocycles. The Balaban J connectivity index is 1.92. The van der Waals surface area contributed by atoms with Crippen molar-refractivity contribution < 1.29 is 9.90 Å². The van der Waals surface area contributed by atoms with Crippen molar-refractivity contribution in [2.24, 2.45) is 28.6 Å². The number of fused-ring (bicyclic) bond motifs is 3. The predicted octanol–water partition coefficient (Wildman–Crippen LogP) is 4.13. The SMILES string of the molecule is CC(O)C1(C)CCC2C(CCC3=CC(=O)CC[C@@]32C)C1C. The lowest BCUT2D eigenvalue weighted by atomic mass is 9.46. The number of rotatable bonds is 1. The lowest BCUT2D eigenvalue weighted by Gasteiger charge is -2.58. The summed E-state index contributed by atoms with van der Waals surface area (Å²) >= 11 is 0. The van der Waals surface area contributed by atoms with Gasteiger partial charge in [0.25, 0.3) is 0 Å². The summed E-state index contributed by atoms with van der Waals surface area (Å²) in [6, 6.07) is 0. The number of aliphatic hydroxyl groups excluding tert-OH is 1. The smallest absolute Gasteiger partial charge is 0.155 e. The Morgan fingerprint density at radius 3 is 2.62 bits per heavy atom. The molecule has 2 nitrogen and oxygen atoms in total. The second kappa shape index (κ2) is 4.94. The fraction of sp³-hybridized carbons (Fsp3) is 0.842. The maximum atomic E-state index is 11.8. The van der Waals surface area contributed by atoms with Crippen molar-refractivity contribution in [1.29, 1.82) is 0 Å². The summed E-state index contributed by atoms with van der Waals surface area (Å²) in [7, 11) is 0. The van der Waals surface area contributed by atoms with Gasteiger partial charge < -0.3 is 5.11 Å². The molecular formula is C19H30O2. The summed E-state index contributed by atoms with van der Waals surface area (Å²) in [5, 5.41) is 10.3. The Kier molecular flexibility index (Phi) is 3.59. The molecule has 3 aliphatic rings. The van der Waals surface area contributed by atoms with Crippen LogP contribution in [-0.2, 0) is 4.79 Å². The van der Waals surface area contributed by atoms with Gasteiger partial charge >= 0.3 is 0 Å². The van der Waals surface area contributed by atoms with E-state index in [1.807, 2.05) is 13.0 Å². The summed E-state index contributed by atoms with van der Waals surface area (Å²) in [5.74, 6) is 2.30. The maximum absolute atomic E-state index is 11.8. The van der Waals surface area contributed by atoms with Crippen LogP contribution in [-0.4, -0.2) is 17.0 Å². The van der Waals surface area contributed by atoms with Gasteiger partial charge in [0, 0.05) is 6.42 Å². The Labute approximate surface area is 129 Å². The second-order valence-electron chi connectivity index (χ2n) is 8.37. The summed E-state index contributed by atoms with van der Waals surface area (Å²) < 4.78 is 0. The van der Waals surface area contributed by atoms with Gasteiger partial charge in [-0.25, -0.2) is 0 Å². The van der Waals surface area contributed by atoms with Crippen molar-refractivity contribution in [3.63, 3.8) is 0 Å². The number of hydrogen-bond donors (Lipinski definition) is 1. The molecule has 0 radical (unpaired) electrons. The van der Waals surface area contributed by atoms with Crippen LogP contribution >= 0.6 is 0 Å². The molecule has 2 fully saturated rings. The van der Waals surface area contributed by atoms with Gasteiger partial charge in [0.1, 0.15) is 0 Å². The van der Waals surface area contributed by atoms with E-state index in [2.05, 4.69) is 20.8 Å². The second-order valence-corrected chi connectivity index (χ2v) is 8.37. The van der Waals surface area contributed by atoms with Crippen molar-refractivity contribution >= 4 is 5.78 Å². The summed E-state index contributed by atoms with van der Waals surface area (Å²) in [6.07, 6.45) is 8.11. The standard InChI is InChI=1S/C19H30O2/c1-12-16-6-5-14-11-15(21)7-9-19(14,4)17(16)8-10-18(12,3)13(2)20/h11-13,16-17,20H,5-10H2,1-4H3/t12?,13?,16?,17?,18?,19-/m0/s1. The highest BCUT2D eigenvalue weighted by atomic mass is 16.3. The van der Waals surface area contributed by atoms with Crippen LogP contribution in [0.25, 0.3) is 0 Å². The van der Waals surface area contributed by atoms with Crippen molar-refractivity contribution in [2.75, 3.05) is 0 Å². The van der Waals surface area contributed by atoms with Gasteiger partial charge in [0.15, 0.2) is 5.78 Å². The molecule has 0 heterocycles. The molecule has 0 saturated heterocycles. The quantitative estimate of drug-likeness (QED) is 0.788. The molecule has 5 unspecified atom stereocenters. The van der Waals surface area contributed by atoms with E-state index in [1.165, 1.54) is 18.4 Å². The monoisotopic (exact) mass is 290 g/mol. The highest BCUT2D eigenvalue weighted by Gasteiger charge is 2.54. The van der Waals surface area contributed by atoms with Gasteiger partial charge in [-0.2, -0.15) is 0 Å². The zero-order chi connectivity index (χ0) is 15.4. The molecule has 0 amide bonds. The average molecular weight is 290 g/mol. The van der Waals surface area contributed by atoms with Crippen LogP contribution in [0, 0.1) is 28.6 Å². The van der Waals surface area contributed by atoms with E-state index in [1.54, 1.807) is 0 Å². The average Bonchev–Trinajstić information content (AvgIpc) is 2.43. The van der Waals surface area contributed by atoms with Crippen molar-refractivity contribution in [1.82, 2.24) is 0 Å². The summed E-state index contributed by atoms with van der Waals surface area (Å²) in [4.78, 5) is 11.8. The van der Waals surface area contributed by atoms with Crippen molar-refractivity contribution in [3.8, 4) is 0 Å². The van der Waals surface area contributed by atoms with E-state index >= 15 is 0 Å². The molecule has 2 heteroatoms. The van der Waals surface area contributed by atoms with E-state index in [-0.39, 0.29) is 16.9 Å². The molecule has 1 N–H and O–H groups in total. The van der Waals surface area contributed by atoms with E-state index in [0.717, 1.165) is 25.7 Å². The molecule has 3 aliphatic carbocycles. The van der Waals surface area contributed by atoms with Gasteiger partial charge in [0.05, 0.1) is 6.10 Å². The maximum Gasteiger partial charge on any atom is 0.155 e. The minimum Gasteiger partial charge on any atom is -0.393 e. The Hall–Kier alpha value is -0.630. The van der Waals surface area contributed by atoms with Gasteiger partial charge in [-0.3, -0.25) is 4.79 Å². The molecule has 0 spiro atoms. The van der Waals surface area contributed by atoms with Crippen LogP contribution in [0.3, 0.4) is 0 Å². The number of allylic oxidation sites excluding steroid dienone is 2. The molecule has 3 rings (SSSR count). The first kappa shape index (κ1) is 15.3. The van der Waals surface area contributed by atoms with Gasteiger partial charge in [-0.1, -0.05) is 26.3 Å². The summed E-state index contributed by atoms with van der Waals surface area (Å²) in [6.45, 7) is 9.00. The molecule has 6 atom stereocenters. The lowest BCUT2D eigenvalue weighted by Crippen LogP contribution is -2.52. The van der Waals surface area contributed by atoms with Crippen molar-refractivity contribution in [2.45, 2.75) is 72.3 Å². The highest BCUT2D eigenvalue weighted by molar-refractivity contribution is 5.91. The van der Waals surface area contributed by atoms with Crippen LogP contribution in [0.1, 0.15) is 66.2 Å². The third kappa shape index (κ3) is 2.13. The number of ketones is 1. The van der Waals surface area contributed by atoms with E-state index in [9.17, 15) is 9.90 Å². The minimum atomic E-state index is -0.230. The molecule has 118 valence electrons. The van der Waals surface area contributed by atoms with Gasteiger partial charge in [-0.15, -0.1) is 0 Å². The molecule has 0 aromatic rings. The molecule has 0 aromatic carbocycles. The molecule has 0 bridgehead atoms. The van der Waals surface area contributed by atoms with Gasteiger partial charge in [0.2, 0.25) is 0 Å². The fourth-order valence-corrected chi connectivity index (χ4v) is 5.66. The van der Waals surface area contributed by atoms with Crippen LogP contribution in [0.4, 0.5) is 0 Å². The summed E-state index contributed by atoms with van der Waals surface area (Å²) in [5.41, 5.74) is 1.72. The van der Waals surface area contributed by atoms with Gasteiger partial charge in [-0.05, 0) is 73.7 Å². The molecular weight excluding hydrogens is 260 g/mol. The molecule has 0 aliphatic heterocycles. The van der Waals surface area contributed by atoms with E-state index in [0.29, 0.717) is 23.5 Å². The normalized spacial score (nSPS) is 48.1. The van der Waals surface area contributed by atoms with Crippen LogP contribution in [0.15, 0.2) is 11.6 Å². The first-order chi connectivity index (χ1) is 9.79. The topological polar surface area (TPSA) is 37.3 Å². The zero-order valence-electron chi connectivity index (χ0n) is 14.0. The largest absolute Gasteiger partial charge is 0.393 e. The Morgan fingerprint density at radius 1 is 1.24 bits per heavy atom. The third-order valence-corrected chi connectivity index (χ3v) is 7.67. The Bertz CT molecular complexity index is 478. The number of carbonyl (C=O) groups excluding carboxylic acids is 1. The fourth-order valence-electron chi connectivity index (χ4n) is 5.66. The molecule has 21 heavy (non-hydrogen) atoms. The van der Waals surface area contributed by atoms with E-state index in [4.69, 9.17) is 0 Å². The Morgan fingerprint density at radius 2 is 1.95 bits per heavy atom. The minimum absolute atomic E-state index is 0.0588. The van der Waals surface area contributed by atoms with Crippen LogP contribution in [0.2, 0.25) is 0 Å². The molecule has 2 saturated carbocycles. The third-order valence-electron chi connectivity index (χ3n) is 7.67. The number of aliphatic hydroxyl groups is 1. The predicted molar refractivity (Wildman–Crippen MR) is 84.8 cm³/mol. The number of carbonyl (C=O) groups is 1. The van der Waals surface area contributed by atoms with Crippen molar-refractivity contribution in [3.05, 3.63) is 11.6 Å². The van der Waals surface area contributed by atoms with Crippen LogP contribution < -0.4 is 0 Å². The van der Waals surface area contributed by atoms with E-state index < -0.39 is 0 Å². The first-order valence-corrected chi connectivity index (χ1v) is 8.71. The number of hydrogen-bond acceptors (Lipinski definition) is 2. The van der Waals surface area contributed by atoms with Crippen LogP contribution in [0.5, 0.6) is 0 Å². The highest BCUT2D eigenvalue weighted by Crippen LogP contribution is 2.61.